The number of rotatable bonds is 5. The highest BCUT2D eigenvalue weighted by Crippen LogP contribution is 2.30. The van der Waals surface area contributed by atoms with Gasteiger partial charge in [-0.05, 0) is 55.9 Å². The Hall–Kier alpha value is -1.95. The normalized spacial score (nSPS) is 14.9. The molecule has 144 valence electrons. The number of nitrogens with one attached hydrogen (secondary N) is 1. The van der Waals surface area contributed by atoms with Gasteiger partial charge in [0.25, 0.3) is 5.91 Å². The molecule has 0 spiro atoms. The summed E-state index contributed by atoms with van der Waals surface area (Å²) in [4.78, 5) is 17.0. The van der Waals surface area contributed by atoms with Crippen molar-refractivity contribution in [2.75, 3.05) is 50.1 Å². The first-order valence-corrected chi connectivity index (χ1v) is 9.60. The number of amides is 1. The molecule has 3 rings (SSSR count). The maximum atomic E-state index is 12.4. The van der Waals surface area contributed by atoms with Crippen LogP contribution in [0.25, 0.3) is 0 Å². The molecular weight excluding hydrogens is 385 g/mol. The number of carbonyl (C=O) groups excluding carboxylic acids is 1. The molecular formula is C20H23Cl2N3O2. The van der Waals surface area contributed by atoms with Crippen molar-refractivity contribution in [2.45, 2.75) is 6.92 Å². The third kappa shape index (κ3) is 5.28. The van der Waals surface area contributed by atoms with Gasteiger partial charge in [-0.2, -0.15) is 0 Å². The van der Waals surface area contributed by atoms with E-state index in [2.05, 4.69) is 22.2 Å². The maximum absolute atomic E-state index is 12.4. The summed E-state index contributed by atoms with van der Waals surface area (Å²) in [5, 5.41) is 4.15. The highest BCUT2D eigenvalue weighted by Gasteiger charge is 2.18. The van der Waals surface area contributed by atoms with Crippen LogP contribution in [0.2, 0.25) is 10.0 Å². The molecule has 2 aromatic rings. The minimum absolute atomic E-state index is 0.0861. The Morgan fingerprint density at radius 1 is 1.07 bits per heavy atom. The third-order valence-corrected chi connectivity index (χ3v) is 5.04. The van der Waals surface area contributed by atoms with Crippen LogP contribution in [-0.4, -0.2) is 50.6 Å². The number of nitrogens with zero attached hydrogens (tertiary/aromatic N) is 2. The van der Waals surface area contributed by atoms with Crippen LogP contribution in [0.1, 0.15) is 5.56 Å². The maximum Gasteiger partial charge on any atom is 0.262 e. The van der Waals surface area contributed by atoms with Crippen molar-refractivity contribution in [3.05, 3.63) is 52.0 Å². The van der Waals surface area contributed by atoms with Gasteiger partial charge in [0.2, 0.25) is 0 Å². The van der Waals surface area contributed by atoms with Crippen LogP contribution in [0.3, 0.4) is 0 Å². The first-order chi connectivity index (χ1) is 12.9. The number of aryl methyl sites for hydroxylation is 1. The van der Waals surface area contributed by atoms with E-state index in [0.717, 1.165) is 37.4 Å². The number of halogens is 2. The lowest BCUT2D eigenvalue weighted by molar-refractivity contribution is -0.118. The minimum atomic E-state index is -0.234. The van der Waals surface area contributed by atoms with Crippen molar-refractivity contribution >= 4 is 40.5 Å². The smallest absolute Gasteiger partial charge is 0.262 e. The summed E-state index contributed by atoms with van der Waals surface area (Å²) < 4.78 is 5.63. The molecule has 1 aliphatic heterocycles. The molecule has 0 saturated carbocycles. The van der Waals surface area contributed by atoms with Gasteiger partial charge in [0, 0.05) is 36.2 Å². The second kappa shape index (κ2) is 8.83. The highest BCUT2D eigenvalue weighted by molar-refractivity contribution is 6.31. The molecule has 0 aliphatic carbocycles. The van der Waals surface area contributed by atoms with E-state index in [1.54, 1.807) is 24.3 Å². The standard InChI is InChI=1S/C20H23Cl2N3O2/c1-14-11-15(21)4-6-19(14)27-13-20(26)23-17-12-16(22)3-5-18(17)25-9-7-24(2)8-10-25/h3-6,11-12H,7-10,13H2,1-2H3,(H,23,26). The molecule has 1 aliphatic rings. The summed E-state index contributed by atoms with van der Waals surface area (Å²) in [5.74, 6) is 0.405. The second-order valence-corrected chi connectivity index (χ2v) is 7.57. The molecule has 0 atom stereocenters. The summed E-state index contributed by atoms with van der Waals surface area (Å²) in [6.45, 7) is 5.58. The molecule has 1 fully saturated rings. The number of benzene rings is 2. The van der Waals surface area contributed by atoms with Crippen molar-refractivity contribution in [1.82, 2.24) is 4.90 Å². The Balaban J connectivity index is 1.67. The number of ether oxygens (including phenoxy) is 1. The van der Waals surface area contributed by atoms with Gasteiger partial charge in [0.1, 0.15) is 5.75 Å². The van der Waals surface area contributed by atoms with Gasteiger partial charge in [-0.15, -0.1) is 0 Å². The monoisotopic (exact) mass is 407 g/mol. The second-order valence-electron chi connectivity index (χ2n) is 6.70. The molecule has 1 saturated heterocycles. The van der Waals surface area contributed by atoms with E-state index in [9.17, 15) is 4.79 Å². The van der Waals surface area contributed by atoms with Crippen molar-refractivity contribution in [3.63, 3.8) is 0 Å². The largest absolute Gasteiger partial charge is 0.483 e. The van der Waals surface area contributed by atoms with Gasteiger partial charge < -0.3 is 19.9 Å². The molecule has 2 aromatic carbocycles. The van der Waals surface area contributed by atoms with Crippen LogP contribution in [0.5, 0.6) is 5.75 Å². The quantitative estimate of drug-likeness (QED) is 0.810. The molecule has 1 heterocycles. The number of piperazine rings is 1. The fourth-order valence-electron chi connectivity index (χ4n) is 3.04. The van der Waals surface area contributed by atoms with Gasteiger partial charge in [0.15, 0.2) is 6.61 Å². The van der Waals surface area contributed by atoms with E-state index in [-0.39, 0.29) is 12.5 Å². The summed E-state index contributed by atoms with van der Waals surface area (Å²) in [6.07, 6.45) is 0. The fraction of sp³-hybridized carbons (Fsp3) is 0.350. The molecule has 0 aromatic heterocycles. The number of anilines is 2. The summed E-state index contributed by atoms with van der Waals surface area (Å²) >= 11 is 12.1. The summed E-state index contributed by atoms with van der Waals surface area (Å²) in [5.41, 5.74) is 2.56. The topological polar surface area (TPSA) is 44.8 Å². The highest BCUT2D eigenvalue weighted by atomic mass is 35.5. The zero-order chi connectivity index (χ0) is 19.4. The molecule has 27 heavy (non-hydrogen) atoms. The number of likely N-dealkylation sites (N-methyl/N-ethyl adjacent to an activating group) is 1. The van der Waals surface area contributed by atoms with E-state index in [0.29, 0.717) is 21.5 Å². The SMILES string of the molecule is Cc1cc(Cl)ccc1OCC(=O)Nc1cc(Cl)ccc1N1CCN(C)CC1. The van der Waals surface area contributed by atoms with E-state index < -0.39 is 0 Å². The fourth-order valence-corrected chi connectivity index (χ4v) is 3.43. The Morgan fingerprint density at radius 3 is 2.44 bits per heavy atom. The number of hydrogen-bond donors (Lipinski definition) is 1. The predicted octanol–water partition coefficient (Wildman–Crippen LogP) is 4.07. The lowest BCUT2D eigenvalue weighted by atomic mass is 10.2. The minimum Gasteiger partial charge on any atom is -0.483 e. The van der Waals surface area contributed by atoms with E-state index >= 15 is 0 Å². The Labute approximate surface area is 169 Å². The van der Waals surface area contributed by atoms with Crippen LogP contribution in [0, 0.1) is 6.92 Å². The molecule has 1 amide bonds. The Morgan fingerprint density at radius 2 is 1.74 bits per heavy atom. The van der Waals surface area contributed by atoms with Crippen LogP contribution in [0.4, 0.5) is 11.4 Å². The van der Waals surface area contributed by atoms with E-state index in [1.165, 1.54) is 0 Å². The molecule has 0 bridgehead atoms. The summed E-state index contributed by atoms with van der Waals surface area (Å²) in [6, 6.07) is 10.9. The van der Waals surface area contributed by atoms with Crippen molar-refractivity contribution in [1.29, 1.82) is 0 Å². The van der Waals surface area contributed by atoms with Gasteiger partial charge >= 0.3 is 0 Å². The van der Waals surface area contributed by atoms with Crippen LogP contribution < -0.4 is 15.0 Å². The van der Waals surface area contributed by atoms with Crippen LogP contribution >= 0.6 is 23.2 Å². The van der Waals surface area contributed by atoms with E-state index in [4.69, 9.17) is 27.9 Å². The number of carbonyl (C=O) groups is 1. The molecule has 1 N–H and O–H groups in total. The van der Waals surface area contributed by atoms with Crippen molar-refractivity contribution in [2.24, 2.45) is 0 Å². The van der Waals surface area contributed by atoms with Crippen LogP contribution in [-0.2, 0) is 4.79 Å². The van der Waals surface area contributed by atoms with Gasteiger partial charge in [-0.1, -0.05) is 23.2 Å². The zero-order valence-corrected chi connectivity index (χ0v) is 17.0. The average Bonchev–Trinajstić information content (AvgIpc) is 2.62. The summed E-state index contributed by atoms with van der Waals surface area (Å²) in [7, 11) is 2.11. The van der Waals surface area contributed by atoms with E-state index in [1.807, 2.05) is 19.1 Å². The molecule has 0 unspecified atom stereocenters. The van der Waals surface area contributed by atoms with Gasteiger partial charge in [-0.3, -0.25) is 4.79 Å². The lowest BCUT2D eigenvalue weighted by Crippen LogP contribution is -2.44. The third-order valence-electron chi connectivity index (χ3n) is 4.57. The van der Waals surface area contributed by atoms with Gasteiger partial charge in [0.05, 0.1) is 11.4 Å². The lowest BCUT2D eigenvalue weighted by Gasteiger charge is -2.35. The Bertz CT molecular complexity index is 821. The zero-order valence-electron chi connectivity index (χ0n) is 15.5. The first-order valence-electron chi connectivity index (χ1n) is 8.84. The average molecular weight is 408 g/mol. The van der Waals surface area contributed by atoms with Crippen molar-refractivity contribution in [3.8, 4) is 5.75 Å². The molecule has 5 nitrogen and oxygen atoms in total. The Kier molecular flexibility index (Phi) is 6.47. The molecule has 7 heteroatoms. The molecule has 0 radical (unpaired) electrons. The van der Waals surface area contributed by atoms with Gasteiger partial charge in [-0.25, -0.2) is 0 Å². The van der Waals surface area contributed by atoms with Crippen molar-refractivity contribution < 1.29 is 9.53 Å². The van der Waals surface area contributed by atoms with Crippen LogP contribution in [0.15, 0.2) is 36.4 Å². The predicted molar refractivity (Wildman–Crippen MR) is 111 cm³/mol. The first kappa shape index (κ1) is 19.8. The number of hydrogen-bond acceptors (Lipinski definition) is 4.